The maximum Gasteiger partial charge on any atom is 0.335 e. The smallest absolute Gasteiger partial charge is 0.335 e. The van der Waals surface area contributed by atoms with Crippen LogP contribution in [0.3, 0.4) is 0 Å². The van der Waals surface area contributed by atoms with E-state index in [1.165, 1.54) is 16.9 Å². The topological polar surface area (TPSA) is 88.2 Å². The molecule has 0 fully saturated rings. The molecule has 0 bridgehead atoms. The molecule has 1 heterocycles. The van der Waals surface area contributed by atoms with Crippen LogP contribution in [0.25, 0.3) is 16.7 Å². The maximum absolute atomic E-state index is 10.9. The van der Waals surface area contributed by atoms with E-state index in [0.717, 1.165) is 5.56 Å². The summed E-state index contributed by atoms with van der Waals surface area (Å²) < 4.78 is 0. The summed E-state index contributed by atoms with van der Waals surface area (Å²) >= 11 is 0. The van der Waals surface area contributed by atoms with Crippen molar-refractivity contribution >= 4 is 17.0 Å². The standard InChI is InChI=1S/C14H11N3O3/c1-8-2-5-13(18)12(6-8)17-15-10-4-3-9(14(19)20)7-11(10)16-17/h2-7,18H,1H3,(H,19,20). The summed E-state index contributed by atoms with van der Waals surface area (Å²) in [7, 11) is 0. The Morgan fingerprint density at radius 1 is 1.10 bits per heavy atom. The molecule has 0 spiro atoms. The molecular weight excluding hydrogens is 258 g/mol. The number of carboxylic acid groups (broad SMARTS) is 1. The maximum atomic E-state index is 10.9. The highest BCUT2D eigenvalue weighted by Gasteiger charge is 2.11. The second kappa shape index (κ2) is 4.34. The monoisotopic (exact) mass is 269 g/mol. The van der Waals surface area contributed by atoms with E-state index in [1.54, 1.807) is 24.3 Å². The van der Waals surface area contributed by atoms with Crippen molar-refractivity contribution in [2.45, 2.75) is 6.92 Å². The molecule has 1 aromatic heterocycles. The first-order valence-electron chi connectivity index (χ1n) is 5.95. The molecule has 0 aliphatic rings. The molecule has 3 aromatic rings. The predicted molar refractivity (Wildman–Crippen MR) is 72.2 cm³/mol. The molecule has 6 heteroatoms. The molecule has 0 saturated heterocycles. The third-order valence-corrected chi connectivity index (χ3v) is 2.97. The van der Waals surface area contributed by atoms with Crippen LogP contribution in [-0.2, 0) is 0 Å². The minimum Gasteiger partial charge on any atom is -0.506 e. The number of carboxylic acids is 1. The highest BCUT2D eigenvalue weighted by molar-refractivity contribution is 5.92. The molecule has 0 atom stereocenters. The van der Waals surface area contributed by atoms with Gasteiger partial charge in [0.25, 0.3) is 0 Å². The fourth-order valence-electron chi connectivity index (χ4n) is 1.95. The van der Waals surface area contributed by atoms with Crippen LogP contribution in [0.1, 0.15) is 15.9 Å². The summed E-state index contributed by atoms with van der Waals surface area (Å²) in [5.74, 6) is -0.950. The van der Waals surface area contributed by atoms with Gasteiger partial charge in [-0.2, -0.15) is 0 Å². The Hall–Kier alpha value is -2.89. The summed E-state index contributed by atoms with van der Waals surface area (Å²) in [5, 5.41) is 27.3. The number of nitrogens with zero attached hydrogens (tertiary/aromatic N) is 3. The summed E-state index contributed by atoms with van der Waals surface area (Å²) in [6.07, 6.45) is 0. The van der Waals surface area contributed by atoms with Crippen LogP contribution in [0.5, 0.6) is 5.75 Å². The number of hydrogen-bond donors (Lipinski definition) is 2. The Labute approximate surface area is 113 Å². The molecule has 0 saturated carbocycles. The van der Waals surface area contributed by atoms with E-state index < -0.39 is 5.97 Å². The van der Waals surface area contributed by atoms with Gasteiger partial charge in [0.2, 0.25) is 0 Å². The van der Waals surface area contributed by atoms with Crippen LogP contribution >= 0.6 is 0 Å². The van der Waals surface area contributed by atoms with Gasteiger partial charge >= 0.3 is 5.97 Å². The normalized spacial score (nSPS) is 10.8. The van der Waals surface area contributed by atoms with Crippen molar-refractivity contribution in [3.05, 3.63) is 47.5 Å². The predicted octanol–water partition coefficient (Wildman–Crippen LogP) is 2.13. The molecule has 6 nitrogen and oxygen atoms in total. The van der Waals surface area contributed by atoms with Gasteiger partial charge in [0.1, 0.15) is 22.5 Å². The van der Waals surface area contributed by atoms with E-state index in [9.17, 15) is 9.90 Å². The van der Waals surface area contributed by atoms with E-state index in [2.05, 4.69) is 10.2 Å². The zero-order chi connectivity index (χ0) is 14.3. The molecule has 0 aliphatic carbocycles. The molecule has 3 rings (SSSR count). The van der Waals surface area contributed by atoms with Gasteiger partial charge in [-0.3, -0.25) is 0 Å². The van der Waals surface area contributed by atoms with Gasteiger partial charge < -0.3 is 10.2 Å². The Balaban J connectivity index is 2.17. The lowest BCUT2D eigenvalue weighted by atomic mass is 10.2. The van der Waals surface area contributed by atoms with Crippen molar-refractivity contribution in [3.8, 4) is 11.4 Å². The molecule has 0 amide bonds. The summed E-state index contributed by atoms with van der Waals surface area (Å²) in [6, 6.07) is 9.63. The van der Waals surface area contributed by atoms with Crippen molar-refractivity contribution in [3.63, 3.8) is 0 Å². The average molecular weight is 269 g/mol. The number of benzene rings is 2. The van der Waals surface area contributed by atoms with E-state index in [1.807, 2.05) is 6.92 Å². The van der Waals surface area contributed by atoms with E-state index in [0.29, 0.717) is 16.7 Å². The van der Waals surface area contributed by atoms with Gasteiger partial charge in [-0.1, -0.05) is 6.07 Å². The highest BCUT2D eigenvalue weighted by atomic mass is 16.4. The zero-order valence-corrected chi connectivity index (χ0v) is 10.6. The van der Waals surface area contributed by atoms with Crippen LogP contribution in [0.15, 0.2) is 36.4 Å². The van der Waals surface area contributed by atoms with Gasteiger partial charge in [-0.15, -0.1) is 15.0 Å². The molecule has 2 N–H and O–H groups in total. The summed E-state index contributed by atoms with van der Waals surface area (Å²) in [6.45, 7) is 1.90. The van der Waals surface area contributed by atoms with Crippen molar-refractivity contribution in [1.82, 2.24) is 15.0 Å². The number of carbonyl (C=O) groups is 1. The lowest BCUT2D eigenvalue weighted by molar-refractivity contribution is 0.0697. The van der Waals surface area contributed by atoms with Crippen LogP contribution in [-0.4, -0.2) is 31.2 Å². The number of aromatic nitrogens is 3. The summed E-state index contributed by atoms with van der Waals surface area (Å²) in [4.78, 5) is 12.2. The van der Waals surface area contributed by atoms with Crippen molar-refractivity contribution in [1.29, 1.82) is 0 Å². The second-order valence-corrected chi connectivity index (χ2v) is 4.49. The number of fused-ring (bicyclic) bond motifs is 1. The number of aromatic carboxylic acids is 1. The van der Waals surface area contributed by atoms with Crippen molar-refractivity contribution in [2.75, 3.05) is 0 Å². The third-order valence-electron chi connectivity index (χ3n) is 2.97. The Kier molecular flexibility index (Phi) is 2.64. The van der Waals surface area contributed by atoms with Crippen LogP contribution in [0, 0.1) is 6.92 Å². The fourth-order valence-corrected chi connectivity index (χ4v) is 1.95. The third kappa shape index (κ3) is 1.97. The second-order valence-electron chi connectivity index (χ2n) is 4.49. The number of hydrogen-bond acceptors (Lipinski definition) is 4. The minimum atomic E-state index is -1.01. The number of rotatable bonds is 2. The molecule has 0 radical (unpaired) electrons. The number of phenols is 1. The van der Waals surface area contributed by atoms with Crippen molar-refractivity contribution < 1.29 is 15.0 Å². The lowest BCUT2D eigenvalue weighted by Crippen LogP contribution is -1.99. The lowest BCUT2D eigenvalue weighted by Gasteiger charge is -2.03. The van der Waals surface area contributed by atoms with Crippen LogP contribution < -0.4 is 0 Å². The van der Waals surface area contributed by atoms with E-state index >= 15 is 0 Å². The van der Waals surface area contributed by atoms with Gasteiger partial charge in [0, 0.05) is 0 Å². The van der Waals surface area contributed by atoms with E-state index in [4.69, 9.17) is 5.11 Å². The largest absolute Gasteiger partial charge is 0.506 e. The highest BCUT2D eigenvalue weighted by Crippen LogP contribution is 2.23. The number of phenolic OH excluding ortho intramolecular Hbond substituents is 1. The minimum absolute atomic E-state index is 0.0642. The molecule has 100 valence electrons. The molecule has 2 aromatic carbocycles. The molecule has 0 aliphatic heterocycles. The van der Waals surface area contributed by atoms with Crippen molar-refractivity contribution in [2.24, 2.45) is 0 Å². The Morgan fingerprint density at radius 3 is 2.60 bits per heavy atom. The quantitative estimate of drug-likeness (QED) is 0.744. The SMILES string of the molecule is Cc1ccc(O)c(-n2nc3ccc(C(=O)O)cc3n2)c1. The average Bonchev–Trinajstić information content (AvgIpc) is 2.83. The van der Waals surface area contributed by atoms with Gasteiger partial charge in [0.05, 0.1) is 5.56 Å². The fraction of sp³-hybridized carbons (Fsp3) is 0.0714. The van der Waals surface area contributed by atoms with Gasteiger partial charge in [-0.25, -0.2) is 4.79 Å². The number of aryl methyl sites for hydroxylation is 1. The number of aromatic hydroxyl groups is 1. The first kappa shape index (κ1) is 12.2. The molecule has 0 unspecified atom stereocenters. The zero-order valence-electron chi connectivity index (χ0n) is 10.6. The first-order chi connectivity index (χ1) is 9.54. The molecular formula is C14H11N3O3. The van der Waals surface area contributed by atoms with E-state index in [-0.39, 0.29) is 11.3 Å². The summed E-state index contributed by atoms with van der Waals surface area (Å²) in [5.41, 5.74) is 2.60. The Bertz CT molecular complexity index is 824. The van der Waals surface area contributed by atoms with Crippen LogP contribution in [0.4, 0.5) is 0 Å². The Morgan fingerprint density at radius 2 is 1.85 bits per heavy atom. The molecule has 20 heavy (non-hydrogen) atoms. The van der Waals surface area contributed by atoms with Gasteiger partial charge in [-0.05, 0) is 42.8 Å². The first-order valence-corrected chi connectivity index (χ1v) is 5.95. The van der Waals surface area contributed by atoms with Gasteiger partial charge in [0.15, 0.2) is 0 Å². The van der Waals surface area contributed by atoms with Crippen LogP contribution in [0.2, 0.25) is 0 Å².